The van der Waals surface area contributed by atoms with Crippen LogP contribution in [0.2, 0.25) is 0 Å². The summed E-state index contributed by atoms with van der Waals surface area (Å²) < 4.78 is 1.21. The largest absolute Gasteiger partial charge is 0.311 e. The standard InChI is InChI=1S/C12H21BrN2S/c1-4-15(10(2)3)6-5-14-8-11-7-12(13)16-9-11/h7,9-10,14H,4-6,8H2,1-3H3. The molecule has 16 heavy (non-hydrogen) atoms. The number of likely N-dealkylation sites (N-methyl/N-ethyl adjacent to an activating group) is 1. The highest BCUT2D eigenvalue weighted by molar-refractivity contribution is 9.11. The van der Waals surface area contributed by atoms with Crippen LogP contribution in [0.25, 0.3) is 0 Å². The molecule has 92 valence electrons. The predicted molar refractivity (Wildman–Crippen MR) is 76.1 cm³/mol. The van der Waals surface area contributed by atoms with Gasteiger partial charge in [-0.25, -0.2) is 0 Å². The van der Waals surface area contributed by atoms with Gasteiger partial charge in [-0.3, -0.25) is 4.90 Å². The van der Waals surface area contributed by atoms with Gasteiger partial charge in [-0.1, -0.05) is 6.92 Å². The number of halogens is 1. The molecule has 0 aliphatic heterocycles. The highest BCUT2D eigenvalue weighted by Gasteiger charge is 2.05. The van der Waals surface area contributed by atoms with Crippen molar-refractivity contribution in [3.05, 3.63) is 20.8 Å². The van der Waals surface area contributed by atoms with Crippen LogP contribution in [0.5, 0.6) is 0 Å². The minimum atomic E-state index is 0.641. The molecular weight excluding hydrogens is 284 g/mol. The zero-order valence-electron chi connectivity index (χ0n) is 10.3. The second-order valence-electron chi connectivity index (χ2n) is 4.16. The van der Waals surface area contributed by atoms with E-state index in [0.29, 0.717) is 6.04 Å². The van der Waals surface area contributed by atoms with Crippen LogP contribution in [0.3, 0.4) is 0 Å². The normalized spacial score (nSPS) is 11.6. The minimum absolute atomic E-state index is 0.641. The van der Waals surface area contributed by atoms with E-state index in [1.807, 2.05) is 0 Å². The topological polar surface area (TPSA) is 15.3 Å². The second-order valence-corrected chi connectivity index (χ2v) is 6.45. The fourth-order valence-electron chi connectivity index (χ4n) is 1.68. The van der Waals surface area contributed by atoms with Gasteiger partial charge in [0.2, 0.25) is 0 Å². The lowest BCUT2D eigenvalue weighted by molar-refractivity contribution is 0.233. The van der Waals surface area contributed by atoms with Gasteiger partial charge < -0.3 is 5.32 Å². The van der Waals surface area contributed by atoms with Crippen molar-refractivity contribution in [1.29, 1.82) is 0 Å². The predicted octanol–water partition coefficient (Wildman–Crippen LogP) is 3.33. The summed E-state index contributed by atoms with van der Waals surface area (Å²) in [7, 11) is 0. The number of nitrogens with one attached hydrogen (secondary N) is 1. The average Bonchev–Trinajstić information content (AvgIpc) is 2.64. The molecule has 1 rings (SSSR count). The van der Waals surface area contributed by atoms with Crippen LogP contribution in [-0.2, 0) is 6.54 Å². The molecule has 0 aromatic carbocycles. The second kappa shape index (κ2) is 7.43. The Labute approximate surface area is 111 Å². The number of hydrogen-bond acceptors (Lipinski definition) is 3. The summed E-state index contributed by atoms with van der Waals surface area (Å²) >= 11 is 5.22. The molecule has 2 nitrogen and oxygen atoms in total. The first kappa shape index (κ1) is 14.2. The molecule has 1 heterocycles. The van der Waals surface area contributed by atoms with Crippen molar-refractivity contribution >= 4 is 27.3 Å². The van der Waals surface area contributed by atoms with E-state index in [1.54, 1.807) is 11.3 Å². The molecule has 1 N–H and O–H groups in total. The van der Waals surface area contributed by atoms with E-state index in [-0.39, 0.29) is 0 Å². The van der Waals surface area contributed by atoms with Crippen LogP contribution in [-0.4, -0.2) is 30.6 Å². The molecule has 0 unspecified atom stereocenters. The van der Waals surface area contributed by atoms with Gasteiger partial charge >= 0.3 is 0 Å². The van der Waals surface area contributed by atoms with Gasteiger partial charge in [0.05, 0.1) is 3.79 Å². The Morgan fingerprint density at radius 2 is 2.25 bits per heavy atom. The van der Waals surface area contributed by atoms with Crippen molar-refractivity contribution in [1.82, 2.24) is 10.2 Å². The monoisotopic (exact) mass is 304 g/mol. The van der Waals surface area contributed by atoms with Crippen molar-refractivity contribution in [3.63, 3.8) is 0 Å². The van der Waals surface area contributed by atoms with Gasteiger partial charge in [-0.2, -0.15) is 0 Å². The van der Waals surface area contributed by atoms with Crippen LogP contribution in [0, 0.1) is 0 Å². The maximum Gasteiger partial charge on any atom is 0.0701 e. The van der Waals surface area contributed by atoms with E-state index >= 15 is 0 Å². The van der Waals surface area contributed by atoms with Gasteiger partial charge in [-0.15, -0.1) is 11.3 Å². The first-order chi connectivity index (χ1) is 7.63. The first-order valence-electron chi connectivity index (χ1n) is 5.81. The van der Waals surface area contributed by atoms with Gasteiger partial charge in [0.15, 0.2) is 0 Å². The summed E-state index contributed by atoms with van der Waals surface area (Å²) in [6.07, 6.45) is 0. The Balaban J connectivity index is 2.16. The van der Waals surface area contributed by atoms with E-state index in [0.717, 1.165) is 26.2 Å². The lowest BCUT2D eigenvalue weighted by atomic mass is 10.3. The Morgan fingerprint density at radius 3 is 2.75 bits per heavy atom. The van der Waals surface area contributed by atoms with Crippen molar-refractivity contribution < 1.29 is 0 Å². The molecule has 0 saturated carbocycles. The van der Waals surface area contributed by atoms with E-state index in [1.165, 1.54) is 9.35 Å². The zero-order chi connectivity index (χ0) is 12.0. The fraction of sp³-hybridized carbons (Fsp3) is 0.667. The summed E-state index contributed by atoms with van der Waals surface area (Å²) in [5.74, 6) is 0. The summed E-state index contributed by atoms with van der Waals surface area (Å²) in [6.45, 7) is 11.0. The Bertz CT molecular complexity index is 299. The molecule has 0 aliphatic rings. The zero-order valence-corrected chi connectivity index (χ0v) is 12.7. The Kier molecular flexibility index (Phi) is 6.58. The quantitative estimate of drug-likeness (QED) is 0.777. The van der Waals surface area contributed by atoms with Crippen LogP contribution in [0.4, 0.5) is 0 Å². The number of thiophene rings is 1. The van der Waals surface area contributed by atoms with Crippen molar-refractivity contribution in [2.75, 3.05) is 19.6 Å². The third-order valence-corrected chi connectivity index (χ3v) is 4.22. The minimum Gasteiger partial charge on any atom is -0.311 e. The summed E-state index contributed by atoms with van der Waals surface area (Å²) in [5, 5.41) is 5.67. The van der Waals surface area contributed by atoms with E-state index in [4.69, 9.17) is 0 Å². The molecule has 4 heteroatoms. The van der Waals surface area contributed by atoms with Crippen molar-refractivity contribution in [2.24, 2.45) is 0 Å². The fourth-order valence-corrected chi connectivity index (χ4v) is 2.88. The van der Waals surface area contributed by atoms with Gasteiger partial charge in [0.1, 0.15) is 0 Å². The van der Waals surface area contributed by atoms with Crippen molar-refractivity contribution in [3.8, 4) is 0 Å². The molecule has 0 atom stereocenters. The number of rotatable bonds is 7. The molecule has 0 saturated heterocycles. The smallest absolute Gasteiger partial charge is 0.0701 e. The molecule has 0 fully saturated rings. The molecule has 1 aromatic rings. The average molecular weight is 305 g/mol. The van der Waals surface area contributed by atoms with Crippen LogP contribution >= 0.6 is 27.3 Å². The molecule has 0 aliphatic carbocycles. The molecular formula is C12H21BrN2S. The van der Waals surface area contributed by atoms with E-state index in [9.17, 15) is 0 Å². The van der Waals surface area contributed by atoms with Crippen LogP contribution in [0.1, 0.15) is 26.3 Å². The highest BCUT2D eigenvalue weighted by atomic mass is 79.9. The molecule has 1 aromatic heterocycles. The van der Waals surface area contributed by atoms with Crippen LogP contribution in [0.15, 0.2) is 15.2 Å². The molecule has 0 radical (unpaired) electrons. The maximum atomic E-state index is 3.48. The summed E-state index contributed by atoms with van der Waals surface area (Å²) in [4.78, 5) is 2.47. The molecule has 0 bridgehead atoms. The number of hydrogen-bond donors (Lipinski definition) is 1. The van der Waals surface area contributed by atoms with E-state index in [2.05, 4.69) is 58.4 Å². The highest BCUT2D eigenvalue weighted by Crippen LogP contribution is 2.20. The maximum absolute atomic E-state index is 3.48. The summed E-state index contributed by atoms with van der Waals surface area (Å²) in [5.41, 5.74) is 1.37. The lowest BCUT2D eigenvalue weighted by Crippen LogP contribution is -2.36. The third kappa shape index (κ3) is 4.95. The molecule has 0 amide bonds. The lowest BCUT2D eigenvalue weighted by Gasteiger charge is -2.24. The van der Waals surface area contributed by atoms with Crippen molar-refractivity contribution in [2.45, 2.75) is 33.4 Å². The van der Waals surface area contributed by atoms with Gasteiger partial charge in [0.25, 0.3) is 0 Å². The SMILES string of the molecule is CCN(CCNCc1csc(Br)c1)C(C)C. The Morgan fingerprint density at radius 1 is 1.50 bits per heavy atom. The Hall–Kier alpha value is 0.100. The van der Waals surface area contributed by atoms with Gasteiger partial charge in [0, 0.05) is 25.7 Å². The third-order valence-electron chi connectivity index (χ3n) is 2.66. The molecule has 0 spiro atoms. The summed E-state index contributed by atoms with van der Waals surface area (Å²) in [6, 6.07) is 2.82. The van der Waals surface area contributed by atoms with Crippen LogP contribution < -0.4 is 5.32 Å². The first-order valence-corrected chi connectivity index (χ1v) is 7.48. The number of nitrogens with zero attached hydrogens (tertiary/aromatic N) is 1. The van der Waals surface area contributed by atoms with E-state index < -0.39 is 0 Å². The van der Waals surface area contributed by atoms with Gasteiger partial charge in [-0.05, 0) is 53.3 Å².